The number of halogens is 1. The van der Waals surface area contributed by atoms with Crippen molar-refractivity contribution in [3.05, 3.63) is 93.0 Å². The molecule has 1 aliphatic heterocycles. The average Bonchev–Trinajstić information content (AvgIpc) is 2.84. The van der Waals surface area contributed by atoms with Gasteiger partial charge in [-0.2, -0.15) is 0 Å². The van der Waals surface area contributed by atoms with E-state index in [-0.39, 0.29) is 12.2 Å². The van der Waals surface area contributed by atoms with Crippen LogP contribution in [0.25, 0.3) is 6.08 Å². The smallest absolute Gasteiger partial charge is 0.335 e. The molecule has 0 bridgehead atoms. The number of methoxy groups -OCH3 is 1. The summed E-state index contributed by atoms with van der Waals surface area (Å²) >= 11 is 6.10. The van der Waals surface area contributed by atoms with Crippen molar-refractivity contribution in [2.75, 3.05) is 12.0 Å². The van der Waals surface area contributed by atoms with Crippen LogP contribution in [0.3, 0.4) is 0 Å². The molecule has 7 nitrogen and oxygen atoms in total. The molecule has 4 amide bonds. The van der Waals surface area contributed by atoms with Crippen LogP contribution in [0.4, 0.5) is 10.5 Å². The SMILES string of the molecule is COc1ccc(/C=C2\C(=O)NC(=O)N(c3cc(Cl)ccc3C)C2=O)c(OCc2ccc(C)c(C)c2)c1. The van der Waals surface area contributed by atoms with Crippen molar-refractivity contribution in [3.8, 4) is 11.5 Å². The maximum absolute atomic E-state index is 13.4. The number of nitrogens with zero attached hydrogens (tertiary/aromatic N) is 1. The molecule has 4 rings (SSSR count). The van der Waals surface area contributed by atoms with E-state index >= 15 is 0 Å². The number of ether oxygens (including phenoxy) is 2. The van der Waals surface area contributed by atoms with E-state index in [0.29, 0.717) is 33.3 Å². The molecule has 0 spiro atoms. The molecule has 184 valence electrons. The Morgan fingerprint density at radius 1 is 0.917 bits per heavy atom. The molecule has 0 saturated carbocycles. The predicted octanol–water partition coefficient (Wildman–Crippen LogP) is 5.52. The van der Waals surface area contributed by atoms with Gasteiger partial charge in [0.05, 0.1) is 12.8 Å². The lowest BCUT2D eigenvalue weighted by Gasteiger charge is -2.27. The Kier molecular flexibility index (Phi) is 7.12. The molecular formula is C28H25ClN2O5. The Morgan fingerprint density at radius 3 is 2.39 bits per heavy atom. The highest BCUT2D eigenvalue weighted by Gasteiger charge is 2.37. The van der Waals surface area contributed by atoms with Crippen molar-refractivity contribution in [1.29, 1.82) is 0 Å². The van der Waals surface area contributed by atoms with E-state index in [9.17, 15) is 14.4 Å². The number of rotatable bonds is 6. The second-order valence-corrected chi connectivity index (χ2v) is 8.94. The molecule has 0 radical (unpaired) electrons. The molecule has 3 aromatic rings. The molecule has 0 aromatic heterocycles. The van der Waals surface area contributed by atoms with Gasteiger partial charge in [0.1, 0.15) is 23.7 Å². The van der Waals surface area contributed by atoms with Gasteiger partial charge >= 0.3 is 6.03 Å². The van der Waals surface area contributed by atoms with Crippen molar-refractivity contribution in [2.24, 2.45) is 0 Å². The third-order valence-corrected chi connectivity index (χ3v) is 6.24. The minimum atomic E-state index is -0.839. The van der Waals surface area contributed by atoms with Crippen molar-refractivity contribution < 1.29 is 23.9 Å². The van der Waals surface area contributed by atoms with Crippen LogP contribution in [-0.4, -0.2) is 25.0 Å². The first-order valence-electron chi connectivity index (χ1n) is 11.2. The summed E-state index contributed by atoms with van der Waals surface area (Å²) in [7, 11) is 1.54. The van der Waals surface area contributed by atoms with E-state index in [2.05, 4.69) is 5.32 Å². The molecule has 1 aliphatic rings. The molecule has 0 unspecified atom stereocenters. The zero-order chi connectivity index (χ0) is 26.0. The third kappa shape index (κ3) is 5.11. The number of barbiturate groups is 1. The minimum absolute atomic E-state index is 0.213. The van der Waals surface area contributed by atoms with Gasteiger partial charge in [-0.05, 0) is 73.4 Å². The quantitative estimate of drug-likeness (QED) is 0.353. The largest absolute Gasteiger partial charge is 0.497 e. The van der Waals surface area contributed by atoms with Gasteiger partial charge in [0, 0.05) is 16.7 Å². The summed E-state index contributed by atoms with van der Waals surface area (Å²) in [6.45, 7) is 6.09. The van der Waals surface area contributed by atoms with Gasteiger partial charge in [0.15, 0.2) is 0 Å². The van der Waals surface area contributed by atoms with E-state index in [1.54, 1.807) is 37.3 Å². The monoisotopic (exact) mass is 504 g/mol. The van der Waals surface area contributed by atoms with Crippen molar-refractivity contribution >= 4 is 41.2 Å². The Balaban J connectivity index is 1.70. The summed E-state index contributed by atoms with van der Waals surface area (Å²) in [5.74, 6) is -0.581. The lowest BCUT2D eigenvalue weighted by molar-refractivity contribution is -0.122. The van der Waals surface area contributed by atoms with Gasteiger partial charge in [-0.3, -0.25) is 14.9 Å². The van der Waals surface area contributed by atoms with E-state index < -0.39 is 17.8 Å². The number of hydrogen-bond acceptors (Lipinski definition) is 5. The molecule has 1 heterocycles. The van der Waals surface area contributed by atoms with E-state index in [0.717, 1.165) is 16.0 Å². The number of nitrogens with one attached hydrogen (secondary N) is 1. The summed E-state index contributed by atoms with van der Waals surface area (Å²) in [5, 5.41) is 2.59. The third-order valence-electron chi connectivity index (χ3n) is 6.00. The second kappa shape index (κ2) is 10.3. The Bertz CT molecular complexity index is 1410. The molecule has 36 heavy (non-hydrogen) atoms. The molecule has 3 aromatic carbocycles. The van der Waals surface area contributed by atoms with Crippen LogP contribution in [0, 0.1) is 20.8 Å². The Morgan fingerprint density at radius 2 is 1.67 bits per heavy atom. The first-order valence-corrected chi connectivity index (χ1v) is 11.6. The first-order chi connectivity index (χ1) is 17.2. The fourth-order valence-corrected chi connectivity index (χ4v) is 3.96. The fraction of sp³-hybridized carbons (Fsp3) is 0.179. The molecule has 1 saturated heterocycles. The first kappa shape index (κ1) is 25.0. The van der Waals surface area contributed by atoms with Crippen LogP contribution in [0.15, 0.2) is 60.2 Å². The van der Waals surface area contributed by atoms with Crippen LogP contribution < -0.4 is 19.7 Å². The van der Waals surface area contributed by atoms with Crippen molar-refractivity contribution in [1.82, 2.24) is 5.32 Å². The van der Waals surface area contributed by atoms with Gasteiger partial charge in [0.25, 0.3) is 11.8 Å². The normalized spacial score (nSPS) is 14.8. The van der Waals surface area contributed by atoms with Gasteiger partial charge < -0.3 is 9.47 Å². The number of anilines is 1. The van der Waals surface area contributed by atoms with Gasteiger partial charge in [0.2, 0.25) is 0 Å². The molecule has 1 fully saturated rings. The highest BCUT2D eigenvalue weighted by atomic mass is 35.5. The predicted molar refractivity (Wildman–Crippen MR) is 138 cm³/mol. The van der Waals surface area contributed by atoms with Gasteiger partial charge in [-0.25, -0.2) is 9.69 Å². The van der Waals surface area contributed by atoms with Gasteiger partial charge in [-0.15, -0.1) is 0 Å². The van der Waals surface area contributed by atoms with Crippen molar-refractivity contribution in [3.63, 3.8) is 0 Å². The maximum atomic E-state index is 13.4. The second-order valence-electron chi connectivity index (χ2n) is 8.50. The fourth-order valence-electron chi connectivity index (χ4n) is 3.80. The van der Waals surface area contributed by atoms with E-state index in [1.165, 1.54) is 24.8 Å². The zero-order valence-corrected chi connectivity index (χ0v) is 21.1. The lowest BCUT2D eigenvalue weighted by Crippen LogP contribution is -2.54. The molecule has 0 aliphatic carbocycles. The Hall–Kier alpha value is -4.10. The molecule has 1 N–H and O–H groups in total. The van der Waals surface area contributed by atoms with E-state index in [1.807, 2.05) is 32.0 Å². The number of hydrogen-bond donors (Lipinski definition) is 1. The van der Waals surface area contributed by atoms with Crippen LogP contribution in [-0.2, 0) is 16.2 Å². The average molecular weight is 505 g/mol. The van der Waals surface area contributed by atoms with Crippen LogP contribution in [0.1, 0.15) is 27.8 Å². The van der Waals surface area contributed by atoms with Crippen LogP contribution in [0.5, 0.6) is 11.5 Å². The number of benzene rings is 3. The molecule has 8 heteroatoms. The number of amides is 4. The topological polar surface area (TPSA) is 84.9 Å². The summed E-state index contributed by atoms with van der Waals surface area (Å²) < 4.78 is 11.4. The standard InChI is InChI=1S/C28H25ClN2O5/c1-16-5-7-19(11-18(16)3)15-36-25-14-22(35-4)10-8-20(25)12-23-26(32)30-28(34)31(27(23)33)24-13-21(29)9-6-17(24)2/h5-14H,15H2,1-4H3,(H,30,32,34)/b23-12+. The molecule has 0 atom stereocenters. The molecular weight excluding hydrogens is 480 g/mol. The Labute approximate surface area is 214 Å². The summed E-state index contributed by atoms with van der Waals surface area (Å²) in [5.41, 5.74) is 4.52. The maximum Gasteiger partial charge on any atom is 0.335 e. The van der Waals surface area contributed by atoms with Gasteiger partial charge in [-0.1, -0.05) is 35.9 Å². The number of imide groups is 2. The number of carbonyl (C=O) groups excluding carboxylic acids is 3. The van der Waals surface area contributed by atoms with Crippen LogP contribution in [0.2, 0.25) is 5.02 Å². The highest BCUT2D eigenvalue weighted by molar-refractivity contribution is 6.39. The lowest BCUT2D eigenvalue weighted by atomic mass is 10.0. The van der Waals surface area contributed by atoms with Crippen molar-refractivity contribution in [2.45, 2.75) is 27.4 Å². The highest BCUT2D eigenvalue weighted by Crippen LogP contribution is 2.31. The zero-order valence-electron chi connectivity index (χ0n) is 20.3. The number of aryl methyl sites for hydroxylation is 3. The number of urea groups is 1. The van der Waals surface area contributed by atoms with E-state index in [4.69, 9.17) is 21.1 Å². The number of carbonyl (C=O) groups is 3. The summed E-state index contributed by atoms with van der Waals surface area (Å²) in [6.07, 6.45) is 1.41. The summed E-state index contributed by atoms with van der Waals surface area (Å²) in [6, 6.07) is 15.1. The minimum Gasteiger partial charge on any atom is -0.497 e. The summed E-state index contributed by atoms with van der Waals surface area (Å²) in [4.78, 5) is 39.6. The van der Waals surface area contributed by atoms with Crippen LogP contribution >= 0.6 is 11.6 Å².